The van der Waals surface area contributed by atoms with E-state index < -0.39 is 0 Å². The fourth-order valence-electron chi connectivity index (χ4n) is 3.34. The Morgan fingerprint density at radius 2 is 1.88 bits per heavy atom. The van der Waals surface area contributed by atoms with Crippen LogP contribution in [0.5, 0.6) is 0 Å². The molecule has 24 heavy (non-hydrogen) atoms. The summed E-state index contributed by atoms with van der Waals surface area (Å²) in [5, 5.41) is 0. The van der Waals surface area contributed by atoms with E-state index in [-0.39, 0.29) is 5.91 Å². The summed E-state index contributed by atoms with van der Waals surface area (Å²) in [7, 11) is 0. The maximum absolute atomic E-state index is 12.8. The van der Waals surface area contributed by atoms with Gasteiger partial charge in [0.25, 0.3) is 5.91 Å². The highest BCUT2D eigenvalue weighted by molar-refractivity contribution is 5.94. The predicted octanol–water partition coefficient (Wildman–Crippen LogP) is 3.30. The number of hydrogen-bond donors (Lipinski definition) is 0. The molecule has 1 aliphatic rings. The summed E-state index contributed by atoms with van der Waals surface area (Å²) in [6.07, 6.45) is 4.70. The minimum atomic E-state index is 0.150. The van der Waals surface area contributed by atoms with Crippen molar-refractivity contribution < 1.29 is 4.79 Å². The molecular formula is C20H25N3O. The van der Waals surface area contributed by atoms with Crippen LogP contribution in [0.15, 0.2) is 48.8 Å². The molecule has 0 aliphatic carbocycles. The molecule has 0 radical (unpaired) electrons. The summed E-state index contributed by atoms with van der Waals surface area (Å²) in [4.78, 5) is 21.3. The lowest BCUT2D eigenvalue weighted by Crippen LogP contribution is -2.36. The van der Waals surface area contributed by atoms with Crippen LogP contribution in [-0.4, -0.2) is 46.9 Å². The molecule has 4 heteroatoms. The molecule has 1 saturated heterocycles. The highest BCUT2D eigenvalue weighted by Gasteiger charge is 2.23. The van der Waals surface area contributed by atoms with Crippen molar-refractivity contribution in [1.29, 1.82) is 0 Å². The Labute approximate surface area is 144 Å². The Morgan fingerprint density at radius 3 is 2.62 bits per heavy atom. The van der Waals surface area contributed by atoms with Gasteiger partial charge in [0.05, 0.1) is 0 Å². The second kappa shape index (κ2) is 7.58. The quantitative estimate of drug-likeness (QED) is 0.869. The Kier molecular flexibility index (Phi) is 5.26. The lowest BCUT2D eigenvalue weighted by molar-refractivity contribution is 0.0758. The first kappa shape index (κ1) is 16.7. The average molecular weight is 323 g/mol. The van der Waals surface area contributed by atoms with E-state index in [2.05, 4.69) is 28.9 Å². The zero-order chi connectivity index (χ0) is 16.9. The Balaban J connectivity index is 1.66. The van der Waals surface area contributed by atoms with E-state index >= 15 is 0 Å². The van der Waals surface area contributed by atoms with Gasteiger partial charge < -0.3 is 4.90 Å². The molecule has 0 saturated carbocycles. The van der Waals surface area contributed by atoms with Gasteiger partial charge in [0.1, 0.15) is 0 Å². The lowest BCUT2D eigenvalue weighted by Gasteiger charge is -2.28. The van der Waals surface area contributed by atoms with E-state index in [1.54, 1.807) is 0 Å². The number of pyridine rings is 1. The molecule has 1 fully saturated rings. The fraction of sp³-hybridized carbons (Fsp3) is 0.400. The van der Waals surface area contributed by atoms with E-state index in [4.69, 9.17) is 0 Å². The SMILES string of the molecule is Cc1cccc(C(=O)N2CCCN([C@H](C)c3ccncc3)CC2)c1. The van der Waals surface area contributed by atoms with Crippen LogP contribution in [0.2, 0.25) is 0 Å². The van der Waals surface area contributed by atoms with Gasteiger partial charge >= 0.3 is 0 Å². The molecule has 1 amide bonds. The Bertz CT molecular complexity index is 686. The van der Waals surface area contributed by atoms with Crippen molar-refractivity contribution in [3.8, 4) is 0 Å². The van der Waals surface area contributed by atoms with E-state index in [0.29, 0.717) is 6.04 Å². The second-order valence-electron chi connectivity index (χ2n) is 6.51. The highest BCUT2D eigenvalue weighted by Crippen LogP contribution is 2.21. The van der Waals surface area contributed by atoms with Gasteiger partial charge in [-0.1, -0.05) is 17.7 Å². The van der Waals surface area contributed by atoms with Crippen LogP contribution in [0.25, 0.3) is 0 Å². The molecule has 0 unspecified atom stereocenters. The van der Waals surface area contributed by atoms with Crippen LogP contribution in [0.1, 0.15) is 40.9 Å². The third-order valence-electron chi connectivity index (χ3n) is 4.82. The molecule has 1 aromatic heterocycles. The van der Waals surface area contributed by atoms with Crippen LogP contribution in [0.3, 0.4) is 0 Å². The number of rotatable bonds is 3. The average Bonchev–Trinajstić information content (AvgIpc) is 2.87. The van der Waals surface area contributed by atoms with Crippen molar-refractivity contribution in [2.45, 2.75) is 26.3 Å². The maximum Gasteiger partial charge on any atom is 0.253 e. The predicted molar refractivity (Wildman–Crippen MR) is 95.9 cm³/mol. The first-order valence-corrected chi connectivity index (χ1v) is 8.65. The second-order valence-corrected chi connectivity index (χ2v) is 6.51. The van der Waals surface area contributed by atoms with E-state index in [1.807, 2.05) is 48.5 Å². The monoisotopic (exact) mass is 323 g/mol. The van der Waals surface area contributed by atoms with Crippen LogP contribution < -0.4 is 0 Å². The fourth-order valence-corrected chi connectivity index (χ4v) is 3.34. The maximum atomic E-state index is 12.8. The summed E-state index contributed by atoms with van der Waals surface area (Å²) < 4.78 is 0. The van der Waals surface area contributed by atoms with Gasteiger partial charge in [-0.15, -0.1) is 0 Å². The molecule has 0 spiro atoms. The van der Waals surface area contributed by atoms with Crippen LogP contribution >= 0.6 is 0 Å². The molecule has 1 aromatic carbocycles. The summed E-state index contributed by atoms with van der Waals surface area (Å²) in [5.74, 6) is 0.150. The summed E-state index contributed by atoms with van der Waals surface area (Å²) in [6.45, 7) is 7.78. The number of aryl methyl sites for hydroxylation is 1. The van der Waals surface area contributed by atoms with Crippen molar-refractivity contribution in [2.24, 2.45) is 0 Å². The molecule has 1 atom stereocenters. The Morgan fingerprint density at radius 1 is 1.08 bits per heavy atom. The number of carbonyl (C=O) groups excluding carboxylic acids is 1. The van der Waals surface area contributed by atoms with Gasteiger partial charge in [-0.25, -0.2) is 0 Å². The molecule has 0 N–H and O–H groups in total. The number of amides is 1. The zero-order valence-electron chi connectivity index (χ0n) is 14.5. The smallest absolute Gasteiger partial charge is 0.253 e. The van der Waals surface area contributed by atoms with Gasteiger partial charge in [0, 0.05) is 50.2 Å². The van der Waals surface area contributed by atoms with Crippen molar-refractivity contribution in [1.82, 2.24) is 14.8 Å². The summed E-state index contributed by atoms with van der Waals surface area (Å²) >= 11 is 0. The molecule has 3 rings (SSSR count). The number of nitrogens with zero attached hydrogens (tertiary/aromatic N) is 3. The van der Waals surface area contributed by atoms with E-state index in [9.17, 15) is 4.79 Å². The minimum absolute atomic E-state index is 0.150. The van der Waals surface area contributed by atoms with Gasteiger partial charge in [-0.05, 0) is 50.1 Å². The first-order chi connectivity index (χ1) is 11.6. The highest BCUT2D eigenvalue weighted by atomic mass is 16.2. The number of aromatic nitrogens is 1. The zero-order valence-corrected chi connectivity index (χ0v) is 14.5. The van der Waals surface area contributed by atoms with Crippen molar-refractivity contribution >= 4 is 5.91 Å². The number of hydrogen-bond acceptors (Lipinski definition) is 3. The Hall–Kier alpha value is -2.20. The van der Waals surface area contributed by atoms with Crippen molar-refractivity contribution in [3.63, 3.8) is 0 Å². The summed E-state index contributed by atoms with van der Waals surface area (Å²) in [5.41, 5.74) is 3.21. The van der Waals surface area contributed by atoms with Gasteiger partial charge in [-0.2, -0.15) is 0 Å². The third-order valence-corrected chi connectivity index (χ3v) is 4.82. The molecule has 2 aromatic rings. The van der Waals surface area contributed by atoms with E-state index in [0.717, 1.165) is 43.7 Å². The molecular weight excluding hydrogens is 298 g/mol. The normalized spacial score (nSPS) is 17.3. The molecule has 1 aliphatic heterocycles. The molecule has 126 valence electrons. The third kappa shape index (κ3) is 3.82. The van der Waals surface area contributed by atoms with Crippen LogP contribution in [-0.2, 0) is 0 Å². The van der Waals surface area contributed by atoms with Crippen molar-refractivity contribution in [2.75, 3.05) is 26.2 Å². The first-order valence-electron chi connectivity index (χ1n) is 8.65. The standard InChI is InChI=1S/C20H25N3O/c1-16-5-3-6-19(15-16)20(24)23-12-4-11-22(13-14-23)17(2)18-7-9-21-10-8-18/h3,5-10,15,17H,4,11-14H2,1-2H3/t17-/m1/s1. The van der Waals surface area contributed by atoms with Gasteiger partial charge in [0.15, 0.2) is 0 Å². The molecule has 2 heterocycles. The molecule has 0 bridgehead atoms. The van der Waals surface area contributed by atoms with Crippen molar-refractivity contribution in [3.05, 3.63) is 65.5 Å². The minimum Gasteiger partial charge on any atom is -0.337 e. The molecule has 4 nitrogen and oxygen atoms in total. The van der Waals surface area contributed by atoms with Crippen LogP contribution in [0.4, 0.5) is 0 Å². The summed E-state index contributed by atoms with van der Waals surface area (Å²) in [6, 6.07) is 12.4. The number of benzene rings is 1. The van der Waals surface area contributed by atoms with Crippen LogP contribution in [0, 0.1) is 6.92 Å². The lowest BCUT2D eigenvalue weighted by atomic mass is 10.1. The topological polar surface area (TPSA) is 36.4 Å². The largest absolute Gasteiger partial charge is 0.337 e. The van der Waals surface area contributed by atoms with Gasteiger partial charge in [-0.3, -0.25) is 14.7 Å². The number of carbonyl (C=O) groups is 1. The van der Waals surface area contributed by atoms with E-state index in [1.165, 1.54) is 5.56 Å². The van der Waals surface area contributed by atoms with Gasteiger partial charge in [0.2, 0.25) is 0 Å².